The highest BCUT2D eigenvalue weighted by Crippen LogP contribution is 2.39. The van der Waals surface area contributed by atoms with Crippen LogP contribution < -0.4 is 5.32 Å². The molecule has 106 valence electrons. The predicted octanol–water partition coefficient (Wildman–Crippen LogP) is 3.92. The molecule has 0 aromatic rings. The van der Waals surface area contributed by atoms with Crippen LogP contribution in [0, 0.1) is 5.92 Å². The first kappa shape index (κ1) is 15.7. The van der Waals surface area contributed by atoms with Crippen molar-refractivity contribution in [2.45, 2.75) is 71.4 Å². The van der Waals surface area contributed by atoms with Crippen molar-refractivity contribution in [1.29, 1.82) is 0 Å². The predicted molar refractivity (Wildman–Crippen MR) is 78.9 cm³/mol. The molecule has 1 aliphatic carbocycles. The van der Waals surface area contributed by atoms with Crippen molar-refractivity contribution in [1.82, 2.24) is 5.32 Å². The van der Waals surface area contributed by atoms with Crippen LogP contribution in [0.5, 0.6) is 0 Å². The molecule has 3 atom stereocenters. The van der Waals surface area contributed by atoms with E-state index in [1.807, 2.05) is 0 Å². The van der Waals surface area contributed by atoms with E-state index in [9.17, 15) is 0 Å². The van der Waals surface area contributed by atoms with Gasteiger partial charge in [0.1, 0.15) is 0 Å². The van der Waals surface area contributed by atoms with Crippen LogP contribution in [0.4, 0.5) is 0 Å². The summed E-state index contributed by atoms with van der Waals surface area (Å²) in [4.78, 5) is 0. The minimum atomic E-state index is -0.0204. The molecule has 0 heterocycles. The monoisotopic (exact) mass is 253 g/mol. The lowest BCUT2D eigenvalue weighted by atomic mass is 9.73. The molecular formula is C16H31NO. The van der Waals surface area contributed by atoms with Gasteiger partial charge in [0.15, 0.2) is 0 Å². The molecule has 2 nitrogen and oxygen atoms in total. The first-order valence-corrected chi connectivity index (χ1v) is 7.58. The second-order valence-corrected chi connectivity index (χ2v) is 5.93. The summed E-state index contributed by atoms with van der Waals surface area (Å²) in [6.45, 7) is 14.8. The number of hydrogen-bond acceptors (Lipinski definition) is 2. The minimum absolute atomic E-state index is 0.0204. The Balaban J connectivity index is 2.86. The Morgan fingerprint density at radius 3 is 2.72 bits per heavy atom. The molecule has 0 aliphatic heterocycles. The van der Waals surface area contributed by atoms with Crippen molar-refractivity contribution in [2.75, 3.05) is 13.2 Å². The highest BCUT2D eigenvalue weighted by atomic mass is 16.5. The number of rotatable bonds is 7. The first-order chi connectivity index (χ1) is 8.55. The molecule has 1 N–H and O–H groups in total. The van der Waals surface area contributed by atoms with E-state index in [2.05, 4.69) is 39.6 Å². The third kappa shape index (κ3) is 3.83. The molecule has 0 radical (unpaired) electrons. The van der Waals surface area contributed by atoms with Crippen LogP contribution >= 0.6 is 0 Å². The van der Waals surface area contributed by atoms with Gasteiger partial charge < -0.3 is 10.1 Å². The second-order valence-electron chi connectivity index (χ2n) is 5.93. The summed E-state index contributed by atoms with van der Waals surface area (Å²) in [5, 5.41) is 3.66. The zero-order valence-electron chi connectivity index (χ0n) is 12.7. The molecule has 2 heteroatoms. The van der Waals surface area contributed by atoms with Gasteiger partial charge in [0.25, 0.3) is 0 Å². The standard InChI is InChI=1S/C16H31NO/c1-6-11-17-15(13(3)4)16(18-7-2)10-8-9-14(5)12-16/h14-15,17H,3,6-12H2,1-2,4-5H3. The molecule has 3 unspecified atom stereocenters. The van der Waals surface area contributed by atoms with E-state index >= 15 is 0 Å². The van der Waals surface area contributed by atoms with E-state index in [4.69, 9.17) is 4.74 Å². The summed E-state index contributed by atoms with van der Waals surface area (Å²) >= 11 is 0. The molecule has 0 aromatic heterocycles. The Morgan fingerprint density at radius 1 is 1.50 bits per heavy atom. The van der Waals surface area contributed by atoms with Crippen molar-refractivity contribution in [2.24, 2.45) is 5.92 Å². The van der Waals surface area contributed by atoms with E-state index in [0.717, 1.165) is 31.9 Å². The molecule has 1 fully saturated rings. The molecule has 1 saturated carbocycles. The third-order valence-electron chi connectivity index (χ3n) is 4.04. The van der Waals surface area contributed by atoms with E-state index in [0.29, 0.717) is 6.04 Å². The number of nitrogens with one attached hydrogen (secondary N) is 1. The molecule has 1 aliphatic rings. The largest absolute Gasteiger partial charge is 0.373 e. The van der Waals surface area contributed by atoms with Crippen molar-refractivity contribution < 1.29 is 4.74 Å². The molecule has 1 rings (SSSR count). The zero-order valence-corrected chi connectivity index (χ0v) is 12.7. The fourth-order valence-electron chi connectivity index (χ4n) is 3.41. The number of hydrogen-bond donors (Lipinski definition) is 1. The van der Waals surface area contributed by atoms with Gasteiger partial charge in [-0.15, -0.1) is 0 Å². The molecular weight excluding hydrogens is 222 g/mol. The smallest absolute Gasteiger partial charge is 0.0875 e. The summed E-state index contributed by atoms with van der Waals surface area (Å²) in [7, 11) is 0. The van der Waals surface area contributed by atoms with Gasteiger partial charge >= 0.3 is 0 Å². The Kier molecular flexibility index (Phi) is 6.37. The van der Waals surface area contributed by atoms with Gasteiger partial charge in [-0.3, -0.25) is 0 Å². The topological polar surface area (TPSA) is 21.3 Å². The maximum atomic E-state index is 6.24. The van der Waals surface area contributed by atoms with E-state index < -0.39 is 0 Å². The van der Waals surface area contributed by atoms with Gasteiger partial charge in [0.05, 0.1) is 11.6 Å². The average Bonchev–Trinajstić information content (AvgIpc) is 2.29. The second kappa shape index (κ2) is 7.30. The lowest BCUT2D eigenvalue weighted by Gasteiger charge is -2.46. The van der Waals surface area contributed by atoms with Gasteiger partial charge in [0, 0.05) is 6.61 Å². The van der Waals surface area contributed by atoms with Crippen LogP contribution in [0.1, 0.15) is 59.8 Å². The highest BCUT2D eigenvalue weighted by Gasteiger charge is 2.42. The van der Waals surface area contributed by atoms with Gasteiger partial charge in [0.2, 0.25) is 0 Å². The molecule has 0 bridgehead atoms. The van der Waals surface area contributed by atoms with Crippen molar-refractivity contribution >= 4 is 0 Å². The quantitative estimate of drug-likeness (QED) is 0.694. The summed E-state index contributed by atoms with van der Waals surface area (Å²) in [5.41, 5.74) is 1.19. The zero-order chi connectivity index (χ0) is 13.6. The molecule has 0 saturated heterocycles. The maximum Gasteiger partial charge on any atom is 0.0875 e. The fourth-order valence-corrected chi connectivity index (χ4v) is 3.41. The summed E-state index contributed by atoms with van der Waals surface area (Å²) in [6.07, 6.45) is 6.10. The van der Waals surface area contributed by atoms with Gasteiger partial charge in [-0.1, -0.05) is 38.8 Å². The Hall–Kier alpha value is -0.340. The lowest BCUT2D eigenvalue weighted by Crippen LogP contribution is -2.55. The summed E-state index contributed by atoms with van der Waals surface area (Å²) < 4.78 is 6.24. The van der Waals surface area contributed by atoms with E-state index in [1.54, 1.807) is 0 Å². The SMILES string of the molecule is C=C(C)C(NCCC)C1(OCC)CCCC(C)C1. The summed E-state index contributed by atoms with van der Waals surface area (Å²) in [6, 6.07) is 0.306. The molecule has 0 aromatic carbocycles. The van der Waals surface area contributed by atoms with Crippen LogP contribution in [0.3, 0.4) is 0 Å². The highest BCUT2D eigenvalue weighted by molar-refractivity contribution is 5.13. The summed E-state index contributed by atoms with van der Waals surface area (Å²) in [5.74, 6) is 0.760. The number of ether oxygens (including phenoxy) is 1. The lowest BCUT2D eigenvalue weighted by molar-refractivity contribution is -0.0924. The van der Waals surface area contributed by atoms with Crippen molar-refractivity contribution in [3.63, 3.8) is 0 Å². The minimum Gasteiger partial charge on any atom is -0.373 e. The fraction of sp³-hybridized carbons (Fsp3) is 0.875. The van der Waals surface area contributed by atoms with E-state index in [1.165, 1.54) is 24.8 Å². The molecule has 0 amide bonds. The van der Waals surface area contributed by atoms with Crippen molar-refractivity contribution in [3.8, 4) is 0 Å². The van der Waals surface area contributed by atoms with Gasteiger partial charge in [-0.2, -0.15) is 0 Å². The van der Waals surface area contributed by atoms with Crippen LogP contribution in [0.25, 0.3) is 0 Å². The molecule has 18 heavy (non-hydrogen) atoms. The first-order valence-electron chi connectivity index (χ1n) is 7.58. The van der Waals surface area contributed by atoms with Crippen LogP contribution in [0.15, 0.2) is 12.2 Å². The van der Waals surface area contributed by atoms with Gasteiger partial charge in [-0.05, 0) is 45.6 Å². The average molecular weight is 253 g/mol. The maximum absolute atomic E-state index is 6.24. The van der Waals surface area contributed by atoms with E-state index in [-0.39, 0.29) is 5.60 Å². The Bertz CT molecular complexity index is 260. The normalized spacial score (nSPS) is 30.1. The van der Waals surface area contributed by atoms with Crippen LogP contribution in [-0.4, -0.2) is 24.8 Å². The Labute approximate surface area is 113 Å². The Morgan fingerprint density at radius 2 is 2.22 bits per heavy atom. The molecule has 0 spiro atoms. The van der Waals surface area contributed by atoms with Crippen molar-refractivity contribution in [3.05, 3.63) is 12.2 Å². The van der Waals surface area contributed by atoms with Gasteiger partial charge in [-0.25, -0.2) is 0 Å². The van der Waals surface area contributed by atoms with Crippen LogP contribution in [-0.2, 0) is 4.74 Å². The van der Waals surface area contributed by atoms with Crippen LogP contribution in [0.2, 0.25) is 0 Å². The third-order valence-corrected chi connectivity index (χ3v) is 4.04.